The highest BCUT2D eigenvalue weighted by Crippen LogP contribution is 2.37. The molecule has 18 heavy (non-hydrogen) atoms. The Morgan fingerprint density at radius 1 is 1.39 bits per heavy atom. The summed E-state index contributed by atoms with van der Waals surface area (Å²) in [6, 6.07) is 6.05. The van der Waals surface area contributed by atoms with Crippen LogP contribution in [0.25, 0.3) is 0 Å². The van der Waals surface area contributed by atoms with Crippen molar-refractivity contribution in [2.75, 3.05) is 18.0 Å². The van der Waals surface area contributed by atoms with Crippen LogP contribution >= 0.6 is 15.9 Å². The summed E-state index contributed by atoms with van der Waals surface area (Å²) in [6.07, 6.45) is 2.64. The van der Waals surface area contributed by atoms with Crippen molar-refractivity contribution < 1.29 is 4.39 Å². The van der Waals surface area contributed by atoms with Gasteiger partial charge in [0.05, 0.1) is 5.69 Å². The molecule has 2 unspecified atom stereocenters. The highest BCUT2D eigenvalue weighted by molar-refractivity contribution is 9.10. The summed E-state index contributed by atoms with van der Waals surface area (Å²) >= 11 is 3.48. The summed E-state index contributed by atoms with van der Waals surface area (Å²) in [5, 5.41) is 3.59. The lowest BCUT2D eigenvalue weighted by atomic mass is 10.1. The molecule has 2 atom stereocenters. The van der Waals surface area contributed by atoms with Gasteiger partial charge in [-0.2, -0.15) is 0 Å². The molecule has 2 fully saturated rings. The Balaban J connectivity index is 1.88. The van der Waals surface area contributed by atoms with E-state index in [0.29, 0.717) is 12.1 Å². The Bertz CT molecular complexity index is 427. The van der Waals surface area contributed by atoms with Gasteiger partial charge >= 0.3 is 0 Å². The Morgan fingerprint density at radius 3 is 2.83 bits per heavy atom. The molecule has 1 aliphatic heterocycles. The van der Waals surface area contributed by atoms with E-state index in [-0.39, 0.29) is 5.82 Å². The molecule has 0 radical (unpaired) electrons. The number of nitrogens with zero attached hydrogens (tertiary/aromatic N) is 1. The van der Waals surface area contributed by atoms with Crippen LogP contribution in [0.3, 0.4) is 0 Å². The maximum absolute atomic E-state index is 14.1. The van der Waals surface area contributed by atoms with Crippen LogP contribution in [0.5, 0.6) is 0 Å². The Morgan fingerprint density at radius 2 is 2.17 bits per heavy atom. The van der Waals surface area contributed by atoms with Gasteiger partial charge in [0, 0.05) is 29.6 Å². The van der Waals surface area contributed by atoms with E-state index in [4.69, 9.17) is 0 Å². The van der Waals surface area contributed by atoms with Crippen molar-refractivity contribution in [3.05, 3.63) is 28.5 Å². The van der Waals surface area contributed by atoms with E-state index >= 15 is 0 Å². The molecule has 1 aromatic carbocycles. The van der Waals surface area contributed by atoms with Crippen LogP contribution in [0, 0.1) is 11.7 Å². The van der Waals surface area contributed by atoms with Crippen LogP contribution in [-0.2, 0) is 0 Å². The maximum Gasteiger partial charge on any atom is 0.147 e. The van der Waals surface area contributed by atoms with E-state index in [0.717, 1.165) is 29.2 Å². The fourth-order valence-electron chi connectivity index (χ4n) is 2.78. The van der Waals surface area contributed by atoms with Crippen LogP contribution in [0.1, 0.15) is 19.8 Å². The molecule has 0 aromatic heterocycles. The Labute approximate surface area is 116 Å². The molecule has 1 aliphatic carbocycles. The quantitative estimate of drug-likeness (QED) is 0.902. The first-order valence-electron chi connectivity index (χ1n) is 6.61. The van der Waals surface area contributed by atoms with Crippen molar-refractivity contribution in [2.24, 2.45) is 5.92 Å². The van der Waals surface area contributed by atoms with Gasteiger partial charge in [-0.1, -0.05) is 6.07 Å². The minimum atomic E-state index is -0.132. The normalized spacial score (nSPS) is 28.5. The average Bonchev–Trinajstić information content (AvgIpc) is 3.15. The van der Waals surface area contributed by atoms with Gasteiger partial charge in [-0.05, 0) is 53.7 Å². The van der Waals surface area contributed by atoms with Crippen molar-refractivity contribution >= 4 is 21.6 Å². The second-order valence-corrected chi connectivity index (χ2v) is 6.28. The Hall–Kier alpha value is -0.610. The topological polar surface area (TPSA) is 15.3 Å². The van der Waals surface area contributed by atoms with Crippen molar-refractivity contribution in [1.29, 1.82) is 0 Å². The van der Waals surface area contributed by atoms with Crippen molar-refractivity contribution in [2.45, 2.75) is 31.8 Å². The summed E-state index contributed by atoms with van der Waals surface area (Å²) < 4.78 is 14.9. The number of hydrogen-bond donors (Lipinski definition) is 1. The summed E-state index contributed by atoms with van der Waals surface area (Å²) in [6.45, 7) is 3.99. The van der Waals surface area contributed by atoms with Gasteiger partial charge in [0.15, 0.2) is 0 Å². The fraction of sp³-hybridized carbons (Fsp3) is 0.571. The zero-order chi connectivity index (χ0) is 12.7. The molecule has 4 heteroatoms. The van der Waals surface area contributed by atoms with Crippen molar-refractivity contribution in [3.63, 3.8) is 0 Å². The second-order valence-electron chi connectivity index (χ2n) is 5.42. The molecule has 2 nitrogen and oxygen atoms in total. The molecule has 1 heterocycles. The predicted molar refractivity (Wildman–Crippen MR) is 75.4 cm³/mol. The summed E-state index contributed by atoms with van der Waals surface area (Å²) in [4.78, 5) is 2.21. The molecule has 2 aliphatic rings. The third kappa shape index (κ3) is 2.28. The predicted octanol–water partition coefficient (Wildman–Crippen LogP) is 3.16. The molecule has 1 saturated heterocycles. The van der Waals surface area contributed by atoms with Gasteiger partial charge in [0.25, 0.3) is 0 Å². The number of hydrogen-bond acceptors (Lipinski definition) is 2. The van der Waals surface area contributed by atoms with E-state index in [1.165, 1.54) is 12.8 Å². The smallest absolute Gasteiger partial charge is 0.147 e. The lowest BCUT2D eigenvalue weighted by Crippen LogP contribution is -2.56. The summed E-state index contributed by atoms with van der Waals surface area (Å²) in [5.41, 5.74) is 0.720. The molecule has 1 aromatic rings. The minimum Gasteiger partial charge on any atom is -0.363 e. The van der Waals surface area contributed by atoms with Crippen LogP contribution in [0.4, 0.5) is 10.1 Å². The first-order valence-corrected chi connectivity index (χ1v) is 7.40. The van der Waals surface area contributed by atoms with Gasteiger partial charge < -0.3 is 10.2 Å². The van der Waals surface area contributed by atoms with Crippen molar-refractivity contribution in [1.82, 2.24) is 5.32 Å². The van der Waals surface area contributed by atoms with Crippen LogP contribution < -0.4 is 10.2 Å². The van der Waals surface area contributed by atoms with E-state index in [2.05, 4.69) is 33.1 Å². The SMILES string of the molecule is CC1CNC(C2CC2)CN1c1c(F)cccc1Br. The molecule has 98 valence electrons. The first kappa shape index (κ1) is 12.4. The molecule has 1 N–H and O–H groups in total. The van der Waals surface area contributed by atoms with Crippen LogP contribution in [0.2, 0.25) is 0 Å². The van der Waals surface area contributed by atoms with E-state index in [1.807, 2.05) is 6.07 Å². The highest BCUT2D eigenvalue weighted by Gasteiger charge is 2.37. The summed E-state index contributed by atoms with van der Waals surface area (Å²) in [7, 11) is 0. The number of nitrogens with one attached hydrogen (secondary N) is 1. The first-order chi connectivity index (χ1) is 8.66. The van der Waals surface area contributed by atoms with Crippen LogP contribution in [-0.4, -0.2) is 25.2 Å². The Kier molecular flexibility index (Phi) is 3.32. The van der Waals surface area contributed by atoms with E-state index < -0.39 is 0 Å². The van der Waals surface area contributed by atoms with Gasteiger partial charge in [-0.15, -0.1) is 0 Å². The number of para-hydroxylation sites is 1. The molecule has 0 spiro atoms. The van der Waals surface area contributed by atoms with Crippen LogP contribution in [0.15, 0.2) is 22.7 Å². The number of piperazine rings is 1. The maximum atomic E-state index is 14.1. The minimum absolute atomic E-state index is 0.132. The molecule has 0 amide bonds. The number of rotatable bonds is 2. The number of benzene rings is 1. The largest absolute Gasteiger partial charge is 0.363 e. The zero-order valence-corrected chi connectivity index (χ0v) is 12.1. The third-order valence-electron chi connectivity index (χ3n) is 4.02. The van der Waals surface area contributed by atoms with Gasteiger partial charge in [-0.3, -0.25) is 0 Å². The third-order valence-corrected chi connectivity index (χ3v) is 4.66. The lowest BCUT2D eigenvalue weighted by Gasteiger charge is -2.41. The van der Waals surface area contributed by atoms with Gasteiger partial charge in [0.1, 0.15) is 5.82 Å². The lowest BCUT2D eigenvalue weighted by molar-refractivity contribution is 0.372. The highest BCUT2D eigenvalue weighted by atomic mass is 79.9. The van der Waals surface area contributed by atoms with Crippen molar-refractivity contribution in [3.8, 4) is 0 Å². The number of halogens is 2. The molecule has 1 saturated carbocycles. The zero-order valence-electron chi connectivity index (χ0n) is 10.5. The van der Waals surface area contributed by atoms with Gasteiger partial charge in [0.2, 0.25) is 0 Å². The monoisotopic (exact) mass is 312 g/mol. The molecule has 0 bridgehead atoms. The molecular formula is C14H18BrFN2. The average molecular weight is 313 g/mol. The number of anilines is 1. The molecule has 3 rings (SSSR count). The van der Waals surface area contributed by atoms with E-state index in [9.17, 15) is 4.39 Å². The van der Waals surface area contributed by atoms with E-state index in [1.54, 1.807) is 12.1 Å². The fourth-order valence-corrected chi connectivity index (χ4v) is 3.35. The standard InChI is InChI=1S/C14H18BrFN2/c1-9-7-17-13(10-5-6-10)8-18(9)14-11(15)3-2-4-12(14)16/h2-4,9-10,13,17H,5-8H2,1H3. The summed E-state index contributed by atoms with van der Waals surface area (Å²) in [5.74, 6) is 0.665. The molecular weight excluding hydrogens is 295 g/mol. The second kappa shape index (κ2) is 4.82. The van der Waals surface area contributed by atoms with Gasteiger partial charge in [-0.25, -0.2) is 4.39 Å².